The molecule has 0 heterocycles. The van der Waals surface area contributed by atoms with Crippen molar-refractivity contribution >= 4 is 33.5 Å². The number of carbonyl (C=O) groups is 1. The Hall–Kier alpha value is -0.740. The monoisotopic (exact) mass is 278 g/mol. The molecule has 1 aromatic carbocycles. The largest absolute Gasteiger partial charge is 0.494 e. The Bertz CT molecular complexity index is 365. The summed E-state index contributed by atoms with van der Waals surface area (Å²) in [5.74, 6) is -0.0126. The van der Waals surface area contributed by atoms with E-state index in [2.05, 4.69) is 20.7 Å². The summed E-state index contributed by atoms with van der Waals surface area (Å²) in [5.41, 5.74) is 0.383. The fourth-order valence-corrected chi connectivity index (χ4v) is 2.01. The lowest BCUT2D eigenvalue weighted by Crippen LogP contribution is -2.03. The standard InChI is InChI=1S/C9H8BrClO3/c1-13-8-6(11)4-3-5(7(8)10)9(12)14-2/h3-4H,1-2H3. The van der Waals surface area contributed by atoms with Gasteiger partial charge < -0.3 is 9.47 Å². The number of esters is 1. The van der Waals surface area contributed by atoms with Crippen LogP contribution in [0.15, 0.2) is 16.6 Å². The molecular formula is C9H8BrClO3. The van der Waals surface area contributed by atoms with Crippen LogP contribution >= 0.6 is 27.5 Å². The summed E-state index contributed by atoms with van der Waals surface area (Å²) in [7, 11) is 2.79. The van der Waals surface area contributed by atoms with E-state index in [0.717, 1.165) is 0 Å². The molecule has 0 saturated heterocycles. The molecule has 3 nitrogen and oxygen atoms in total. The molecule has 1 aromatic rings. The van der Waals surface area contributed by atoms with Gasteiger partial charge in [-0.25, -0.2) is 4.79 Å². The SMILES string of the molecule is COC(=O)c1ccc(Cl)c(OC)c1Br. The van der Waals surface area contributed by atoms with Crippen molar-refractivity contribution in [1.29, 1.82) is 0 Å². The van der Waals surface area contributed by atoms with E-state index in [1.54, 1.807) is 12.1 Å². The first-order valence-corrected chi connectivity index (χ1v) is 4.89. The molecule has 0 spiro atoms. The maximum absolute atomic E-state index is 11.3. The summed E-state index contributed by atoms with van der Waals surface area (Å²) in [4.78, 5) is 11.3. The first-order valence-electron chi connectivity index (χ1n) is 3.72. The Labute approximate surface area is 95.1 Å². The second-order valence-electron chi connectivity index (χ2n) is 2.43. The topological polar surface area (TPSA) is 35.5 Å². The van der Waals surface area contributed by atoms with Gasteiger partial charge >= 0.3 is 5.97 Å². The number of hydrogen-bond acceptors (Lipinski definition) is 3. The van der Waals surface area contributed by atoms with Crippen LogP contribution in [0.25, 0.3) is 0 Å². The van der Waals surface area contributed by atoms with Crippen molar-refractivity contribution in [3.05, 3.63) is 27.2 Å². The summed E-state index contributed by atoms with van der Waals surface area (Å²) < 4.78 is 10.1. The van der Waals surface area contributed by atoms with Gasteiger partial charge in [0.2, 0.25) is 0 Å². The zero-order valence-corrected chi connectivity index (χ0v) is 9.98. The lowest BCUT2D eigenvalue weighted by Gasteiger charge is -2.08. The molecular weight excluding hydrogens is 271 g/mol. The Morgan fingerprint density at radius 2 is 2.07 bits per heavy atom. The van der Waals surface area contributed by atoms with Crippen LogP contribution < -0.4 is 4.74 Å². The van der Waals surface area contributed by atoms with Gasteiger partial charge in [0.1, 0.15) is 0 Å². The van der Waals surface area contributed by atoms with Crippen molar-refractivity contribution in [3.8, 4) is 5.75 Å². The van der Waals surface area contributed by atoms with Gasteiger partial charge in [-0.1, -0.05) is 11.6 Å². The zero-order chi connectivity index (χ0) is 10.7. The maximum Gasteiger partial charge on any atom is 0.339 e. The molecule has 0 unspecified atom stereocenters. The molecule has 0 aliphatic rings. The fourth-order valence-electron chi connectivity index (χ4n) is 0.987. The van der Waals surface area contributed by atoms with Gasteiger partial charge in [0, 0.05) is 0 Å². The number of methoxy groups -OCH3 is 2. The number of hydrogen-bond donors (Lipinski definition) is 0. The molecule has 0 fully saturated rings. The third-order valence-corrected chi connectivity index (χ3v) is 2.74. The van der Waals surface area contributed by atoms with E-state index in [0.29, 0.717) is 20.8 Å². The van der Waals surface area contributed by atoms with Gasteiger partial charge in [-0.05, 0) is 28.1 Å². The minimum atomic E-state index is -0.438. The zero-order valence-electron chi connectivity index (χ0n) is 7.64. The average molecular weight is 280 g/mol. The quantitative estimate of drug-likeness (QED) is 0.781. The van der Waals surface area contributed by atoms with Crippen LogP contribution in [-0.2, 0) is 4.74 Å². The molecule has 0 aromatic heterocycles. The highest BCUT2D eigenvalue weighted by Crippen LogP contribution is 2.35. The average Bonchev–Trinajstić information content (AvgIpc) is 2.18. The molecule has 0 atom stereocenters. The van der Waals surface area contributed by atoms with E-state index in [4.69, 9.17) is 16.3 Å². The van der Waals surface area contributed by atoms with Crippen LogP contribution in [0.1, 0.15) is 10.4 Å². The highest BCUT2D eigenvalue weighted by Gasteiger charge is 2.16. The molecule has 0 N–H and O–H groups in total. The van der Waals surface area contributed by atoms with Gasteiger partial charge in [-0.3, -0.25) is 0 Å². The predicted molar refractivity (Wildman–Crippen MR) is 57.0 cm³/mol. The van der Waals surface area contributed by atoms with Gasteiger partial charge in [0.15, 0.2) is 5.75 Å². The van der Waals surface area contributed by atoms with Crippen LogP contribution in [0.4, 0.5) is 0 Å². The molecule has 14 heavy (non-hydrogen) atoms. The van der Waals surface area contributed by atoms with Gasteiger partial charge in [0.05, 0.1) is 29.3 Å². The molecule has 76 valence electrons. The predicted octanol–water partition coefficient (Wildman–Crippen LogP) is 2.90. The van der Waals surface area contributed by atoms with Crippen molar-refractivity contribution in [3.63, 3.8) is 0 Å². The third-order valence-electron chi connectivity index (χ3n) is 1.66. The van der Waals surface area contributed by atoms with Crippen LogP contribution in [0, 0.1) is 0 Å². The van der Waals surface area contributed by atoms with E-state index >= 15 is 0 Å². The van der Waals surface area contributed by atoms with Crippen LogP contribution in [0.5, 0.6) is 5.75 Å². The normalized spacial score (nSPS) is 9.71. The second-order valence-corrected chi connectivity index (χ2v) is 3.63. The van der Waals surface area contributed by atoms with Crippen molar-refractivity contribution in [2.75, 3.05) is 14.2 Å². The Balaban J connectivity index is 3.28. The van der Waals surface area contributed by atoms with Gasteiger partial charge in [-0.2, -0.15) is 0 Å². The summed E-state index contributed by atoms with van der Waals surface area (Å²) in [6.45, 7) is 0. The van der Waals surface area contributed by atoms with E-state index in [9.17, 15) is 4.79 Å². The van der Waals surface area contributed by atoms with Crippen molar-refractivity contribution in [1.82, 2.24) is 0 Å². The summed E-state index contributed by atoms with van der Waals surface area (Å²) in [6.07, 6.45) is 0. The third kappa shape index (κ3) is 2.01. The molecule has 0 radical (unpaired) electrons. The van der Waals surface area contributed by atoms with E-state index in [1.165, 1.54) is 14.2 Å². The molecule has 0 bridgehead atoms. The first kappa shape index (κ1) is 11.3. The number of benzene rings is 1. The number of ether oxygens (including phenoxy) is 2. The Morgan fingerprint density at radius 1 is 1.43 bits per heavy atom. The molecule has 1 rings (SSSR count). The highest BCUT2D eigenvalue weighted by molar-refractivity contribution is 9.10. The van der Waals surface area contributed by atoms with Crippen molar-refractivity contribution in [2.24, 2.45) is 0 Å². The number of rotatable bonds is 2. The van der Waals surface area contributed by atoms with E-state index in [1.807, 2.05) is 0 Å². The van der Waals surface area contributed by atoms with Gasteiger partial charge in [0.25, 0.3) is 0 Å². The summed E-state index contributed by atoms with van der Waals surface area (Å²) in [5, 5.41) is 0.437. The summed E-state index contributed by atoms with van der Waals surface area (Å²) in [6, 6.07) is 3.15. The van der Waals surface area contributed by atoms with E-state index < -0.39 is 5.97 Å². The Kier molecular flexibility index (Phi) is 3.77. The highest BCUT2D eigenvalue weighted by atomic mass is 79.9. The molecule has 5 heteroatoms. The first-order chi connectivity index (χ1) is 6.61. The minimum absolute atomic E-state index is 0.383. The van der Waals surface area contributed by atoms with Crippen LogP contribution in [0.3, 0.4) is 0 Å². The molecule has 0 aliphatic carbocycles. The van der Waals surface area contributed by atoms with Crippen LogP contribution in [-0.4, -0.2) is 20.2 Å². The van der Waals surface area contributed by atoms with Crippen molar-refractivity contribution in [2.45, 2.75) is 0 Å². The summed E-state index contributed by atoms with van der Waals surface area (Å²) >= 11 is 9.07. The van der Waals surface area contributed by atoms with E-state index in [-0.39, 0.29) is 0 Å². The lowest BCUT2D eigenvalue weighted by atomic mass is 10.2. The fraction of sp³-hybridized carbons (Fsp3) is 0.222. The number of halogens is 2. The van der Waals surface area contributed by atoms with Crippen LogP contribution in [0.2, 0.25) is 5.02 Å². The van der Waals surface area contributed by atoms with Gasteiger partial charge in [-0.15, -0.1) is 0 Å². The van der Waals surface area contributed by atoms with Crippen molar-refractivity contribution < 1.29 is 14.3 Å². The maximum atomic E-state index is 11.3. The molecule has 0 aliphatic heterocycles. The molecule has 0 amide bonds. The second kappa shape index (κ2) is 4.66. The smallest absolute Gasteiger partial charge is 0.339 e. The minimum Gasteiger partial charge on any atom is -0.494 e. The lowest BCUT2D eigenvalue weighted by molar-refractivity contribution is 0.0599. The number of carbonyl (C=O) groups excluding carboxylic acids is 1. The molecule has 0 saturated carbocycles. The Morgan fingerprint density at radius 3 is 2.57 bits per heavy atom.